The van der Waals surface area contributed by atoms with Gasteiger partial charge in [0.1, 0.15) is 10.7 Å². The first-order chi connectivity index (χ1) is 11.1. The first-order valence-electron chi connectivity index (χ1n) is 7.17. The van der Waals surface area contributed by atoms with Crippen LogP contribution in [0.15, 0.2) is 33.8 Å². The Morgan fingerprint density at radius 1 is 1.30 bits per heavy atom. The number of nitrogens with zero attached hydrogens (tertiary/aromatic N) is 3. The minimum Gasteiger partial charge on any atom is -0.308 e. The average Bonchev–Trinajstić information content (AvgIpc) is 3.19. The van der Waals surface area contributed by atoms with Crippen LogP contribution < -0.4 is 5.56 Å². The number of hydrogen-bond acceptors (Lipinski definition) is 5. The SMILES string of the molecule is Cc1cc(C)n(Cc2nc3scc(-c4cccs4)c3c(=O)[nH]2)n1. The van der Waals surface area contributed by atoms with E-state index in [4.69, 9.17) is 0 Å². The van der Waals surface area contributed by atoms with Gasteiger partial charge in [-0.1, -0.05) is 6.07 Å². The zero-order valence-corrected chi connectivity index (χ0v) is 14.3. The molecule has 0 atom stereocenters. The molecule has 1 N–H and O–H groups in total. The fraction of sp³-hybridized carbons (Fsp3) is 0.188. The molecule has 4 rings (SSSR count). The smallest absolute Gasteiger partial charge is 0.260 e. The van der Waals surface area contributed by atoms with E-state index in [1.54, 1.807) is 11.3 Å². The number of nitrogens with one attached hydrogen (secondary N) is 1. The Morgan fingerprint density at radius 3 is 2.87 bits per heavy atom. The summed E-state index contributed by atoms with van der Waals surface area (Å²) in [5, 5.41) is 9.11. The summed E-state index contributed by atoms with van der Waals surface area (Å²) in [6, 6.07) is 6.02. The average molecular weight is 342 g/mol. The number of aromatic nitrogens is 4. The van der Waals surface area contributed by atoms with Crippen LogP contribution in [0.25, 0.3) is 20.7 Å². The van der Waals surface area contributed by atoms with Gasteiger partial charge < -0.3 is 4.98 Å². The van der Waals surface area contributed by atoms with Crippen LogP contribution in [0.4, 0.5) is 0 Å². The molecule has 0 aliphatic heterocycles. The summed E-state index contributed by atoms with van der Waals surface area (Å²) < 4.78 is 1.85. The summed E-state index contributed by atoms with van der Waals surface area (Å²) in [6.45, 7) is 4.42. The number of H-pyrrole nitrogens is 1. The first kappa shape index (κ1) is 14.3. The van der Waals surface area contributed by atoms with Gasteiger partial charge in [-0.15, -0.1) is 22.7 Å². The lowest BCUT2D eigenvalue weighted by Gasteiger charge is -2.04. The molecule has 4 heterocycles. The molecule has 0 unspecified atom stereocenters. The number of hydrogen-bond donors (Lipinski definition) is 1. The summed E-state index contributed by atoms with van der Waals surface area (Å²) in [6.07, 6.45) is 0. The quantitative estimate of drug-likeness (QED) is 0.619. The second-order valence-electron chi connectivity index (χ2n) is 5.40. The maximum atomic E-state index is 12.5. The summed E-state index contributed by atoms with van der Waals surface area (Å²) in [4.78, 5) is 21.9. The van der Waals surface area contributed by atoms with Gasteiger partial charge in [0.2, 0.25) is 0 Å². The molecule has 7 heteroatoms. The number of rotatable bonds is 3. The molecule has 4 aromatic heterocycles. The van der Waals surface area contributed by atoms with Crippen LogP contribution in [0.5, 0.6) is 0 Å². The maximum absolute atomic E-state index is 12.5. The highest BCUT2D eigenvalue weighted by Crippen LogP contribution is 2.33. The lowest BCUT2D eigenvalue weighted by molar-refractivity contribution is 0.633. The monoisotopic (exact) mass is 342 g/mol. The highest BCUT2D eigenvalue weighted by atomic mass is 32.1. The molecular weight excluding hydrogens is 328 g/mol. The first-order valence-corrected chi connectivity index (χ1v) is 8.93. The van der Waals surface area contributed by atoms with Gasteiger partial charge in [-0.05, 0) is 31.4 Å². The van der Waals surface area contributed by atoms with Crippen molar-refractivity contribution in [3.05, 3.63) is 56.5 Å². The van der Waals surface area contributed by atoms with Crippen molar-refractivity contribution in [2.75, 3.05) is 0 Å². The lowest BCUT2D eigenvalue weighted by Crippen LogP contribution is -2.15. The molecular formula is C16H14N4OS2. The van der Waals surface area contributed by atoms with E-state index in [1.165, 1.54) is 11.3 Å². The van der Waals surface area contributed by atoms with Crippen LogP contribution in [0.1, 0.15) is 17.2 Å². The summed E-state index contributed by atoms with van der Waals surface area (Å²) in [5.74, 6) is 0.633. The Kier molecular flexibility index (Phi) is 3.39. The minimum atomic E-state index is -0.0869. The highest BCUT2D eigenvalue weighted by molar-refractivity contribution is 7.18. The number of thiophene rings is 2. The number of aryl methyl sites for hydroxylation is 2. The molecule has 0 aliphatic carbocycles. The molecule has 4 aromatic rings. The van der Waals surface area contributed by atoms with E-state index < -0.39 is 0 Å². The van der Waals surface area contributed by atoms with E-state index in [0.29, 0.717) is 17.8 Å². The molecule has 0 spiro atoms. The van der Waals surface area contributed by atoms with Crippen molar-refractivity contribution in [2.24, 2.45) is 0 Å². The molecule has 0 saturated heterocycles. The van der Waals surface area contributed by atoms with E-state index in [1.807, 2.05) is 47.5 Å². The van der Waals surface area contributed by atoms with Gasteiger partial charge in [0.15, 0.2) is 0 Å². The molecule has 5 nitrogen and oxygen atoms in total. The Labute approximate surface area is 140 Å². The topological polar surface area (TPSA) is 63.6 Å². The van der Waals surface area contributed by atoms with Gasteiger partial charge in [-0.2, -0.15) is 5.10 Å². The highest BCUT2D eigenvalue weighted by Gasteiger charge is 2.14. The third kappa shape index (κ3) is 2.51. The van der Waals surface area contributed by atoms with Crippen molar-refractivity contribution >= 4 is 32.9 Å². The molecule has 116 valence electrons. The van der Waals surface area contributed by atoms with Crippen molar-refractivity contribution in [3.63, 3.8) is 0 Å². The van der Waals surface area contributed by atoms with E-state index in [9.17, 15) is 4.79 Å². The van der Waals surface area contributed by atoms with Crippen LogP contribution in [0, 0.1) is 13.8 Å². The second-order valence-corrected chi connectivity index (χ2v) is 7.21. The van der Waals surface area contributed by atoms with Gasteiger partial charge in [0.25, 0.3) is 5.56 Å². The Balaban J connectivity index is 1.80. The van der Waals surface area contributed by atoms with Crippen molar-refractivity contribution in [1.29, 1.82) is 0 Å². The number of fused-ring (bicyclic) bond motifs is 1. The van der Waals surface area contributed by atoms with Crippen molar-refractivity contribution in [3.8, 4) is 10.4 Å². The molecule has 0 saturated carbocycles. The molecule has 0 radical (unpaired) electrons. The van der Waals surface area contributed by atoms with Gasteiger partial charge >= 0.3 is 0 Å². The normalized spacial score (nSPS) is 11.4. The zero-order chi connectivity index (χ0) is 16.0. The molecule has 0 amide bonds. The van der Waals surface area contributed by atoms with Crippen LogP contribution in [-0.2, 0) is 6.54 Å². The van der Waals surface area contributed by atoms with E-state index >= 15 is 0 Å². The van der Waals surface area contributed by atoms with Gasteiger partial charge in [0.05, 0.1) is 17.6 Å². The van der Waals surface area contributed by atoms with E-state index in [2.05, 4.69) is 15.1 Å². The third-order valence-corrected chi connectivity index (χ3v) is 5.46. The van der Waals surface area contributed by atoms with Crippen LogP contribution in [0.2, 0.25) is 0 Å². The molecule has 0 fully saturated rings. The minimum absolute atomic E-state index is 0.0869. The molecule has 0 aromatic carbocycles. The van der Waals surface area contributed by atoms with Crippen LogP contribution in [0.3, 0.4) is 0 Å². The summed E-state index contributed by atoms with van der Waals surface area (Å²) in [5.41, 5.74) is 2.89. The van der Waals surface area contributed by atoms with Gasteiger partial charge in [-0.25, -0.2) is 4.98 Å². The van der Waals surface area contributed by atoms with Crippen LogP contribution >= 0.6 is 22.7 Å². The van der Waals surface area contributed by atoms with Gasteiger partial charge in [-0.3, -0.25) is 9.48 Å². The fourth-order valence-corrected chi connectivity index (χ4v) is 4.44. The third-order valence-electron chi connectivity index (χ3n) is 3.68. The molecule has 0 aliphatic rings. The summed E-state index contributed by atoms with van der Waals surface area (Å²) in [7, 11) is 0. The number of aromatic amines is 1. The standard InChI is InChI=1S/C16H14N4OS2/c1-9-6-10(2)20(19-9)7-13-17-15(21)14-11(8-23-16(14)18-13)12-4-3-5-22-12/h3-6,8H,7H2,1-2H3,(H,17,18,21). The fourth-order valence-electron chi connectivity index (χ4n) is 2.66. The van der Waals surface area contributed by atoms with Crippen molar-refractivity contribution in [2.45, 2.75) is 20.4 Å². The largest absolute Gasteiger partial charge is 0.308 e. The Morgan fingerprint density at radius 2 is 2.17 bits per heavy atom. The predicted molar refractivity (Wildman–Crippen MR) is 94.4 cm³/mol. The van der Waals surface area contributed by atoms with E-state index in [0.717, 1.165) is 26.7 Å². The second kappa shape index (κ2) is 5.43. The Hall–Kier alpha value is -2.25. The van der Waals surface area contributed by atoms with Crippen LogP contribution in [-0.4, -0.2) is 19.7 Å². The molecule has 0 bridgehead atoms. The maximum Gasteiger partial charge on any atom is 0.260 e. The molecule has 23 heavy (non-hydrogen) atoms. The zero-order valence-electron chi connectivity index (χ0n) is 12.7. The predicted octanol–water partition coefficient (Wildman–Crippen LogP) is 3.57. The van der Waals surface area contributed by atoms with Crippen molar-refractivity contribution in [1.82, 2.24) is 19.7 Å². The van der Waals surface area contributed by atoms with E-state index in [-0.39, 0.29) is 5.56 Å². The van der Waals surface area contributed by atoms with Gasteiger partial charge in [0, 0.05) is 21.5 Å². The van der Waals surface area contributed by atoms with Crippen molar-refractivity contribution < 1.29 is 0 Å². The lowest BCUT2D eigenvalue weighted by atomic mass is 10.2. The Bertz CT molecular complexity index is 1040. The summed E-state index contributed by atoms with van der Waals surface area (Å²) >= 11 is 3.13.